The molecule has 0 saturated carbocycles. The van der Waals surface area contributed by atoms with Gasteiger partial charge in [-0.1, -0.05) is 144 Å². The second-order valence-corrected chi connectivity index (χ2v) is 25.2. The van der Waals surface area contributed by atoms with E-state index in [1.165, 1.54) is 81.7 Å². The molecular formula is C47H48Cl2SiZr-2. The average molecular weight is 803 g/mol. The minimum atomic E-state index is 0. The zero-order chi connectivity index (χ0) is 35.1. The van der Waals surface area contributed by atoms with Crippen molar-refractivity contribution in [3.05, 3.63) is 144 Å². The van der Waals surface area contributed by atoms with Gasteiger partial charge in [0.2, 0.25) is 0 Å². The summed E-state index contributed by atoms with van der Waals surface area (Å²) in [6, 6.07) is 47.1. The molecule has 0 bridgehead atoms. The molecule has 0 heterocycles. The number of fused-ring (bicyclic) bond motifs is 7. The average Bonchev–Trinajstić information content (AvgIpc) is 3.62. The summed E-state index contributed by atoms with van der Waals surface area (Å²) in [6.07, 6.45) is 0. The Balaban J connectivity index is 0.000000202. The van der Waals surface area contributed by atoms with E-state index in [9.17, 15) is 0 Å². The monoisotopic (exact) mass is 800 g/mol. The van der Waals surface area contributed by atoms with Crippen LogP contribution in [0.2, 0.25) is 13.1 Å². The van der Waals surface area contributed by atoms with E-state index in [-0.39, 0.29) is 41.1 Å². The van der Waals surface area contributed by atoms with Crippen molar-refractivity contribution in [3.8, 4) is 11.1 Å². The summed E-state index contributed by atoms with van der Waals surface area (Å²) in [6.45, 7) is 20.4. The van der Waals surface area contributed by atoms with Gasteiger partial charge < -0.3 is 24.8 Å². The third-order valence-electron chi connectivity index (χ3n) is 9.39. The van der Waals surface area contributed by atoms with E-state index in [1.807, 2.05) is 0 Å². The van der Waals surface area contributed by atoms with E-state index in [4.69, 9.17) is 0 Å². The molecule has 0 spiro atoms. The standard InChI is InChI=1S/C24H17.C21H25.C2H6Si.2ClH.Zr/c1-16-13-17-8-6-12-22(23(17)14-16)24-15-18-7-2-3-9-19(18)20-10-4-5-11-21(20)24;1-20(2,3)16-7-9-18-14(12-16)11-15-13-17(21(4,5)6)8-10-19(15)18;1-3-2;;;/h2-15H,1H3;7-13H,1-6H3;1-2H3;2*1H;/q2*-1;;;;+2/p-2. The second-order valence-electron chi connectivity index (χ2n) is 15.8. The van der Waals surface area contributed by atoms with E-state index >= 15 is 0 Å². The zero-order valence-corrected chi connectivity index (χ0v) is 36.4. The molecule has 0 aliphatic rings. The fraction of sp³-hybridized carbons (Fsp3) is 0.234. The maximum Gasteiger partial charge on any atom is -0.00995 e. The minimum absolute atomic E-state index is 0. The molecule has 0 fully saturated rings. The Kier molecular flexibility index (Phi) is 13.1. The van der Waals surface area contributed by atoms with E-state index in [0.717, 1.165) is 0 Å². The first-order chi connectivity index (χ1) is 23.2. The van der Waals surface area contributed by atoms with Crippen molar-refractivity contribution >= 4 is 59.3 Å². The summed E-state index contributed by atoms with van der Waals surface area (Å²) in [5.41, 5.74) is 7.39. The number of halogens is 2. The van der Waals surface area contributed by atoms with Crippen LogP contribution in [0.25, 0.3) is 65.0 Å². The van der Waals surface area contributed by atoms with Crippen molar-refractivity contribution < 1.29 is 48.1 Å². The molecule has 0 aliphatic carbocycles. The van der Waals surface area contributed by atoms with Crippen LogP contribution in [0, 0.1) is 6.92 Å². The van der Waals surface area contributed by atoms with E-state index in [1.54, 1.807) is 23.3 Å². The summed E-state index contributed by atoms with van der Waals surface area (Å²) in [5.74, 6) is 0. The second kappa shape index (κ2) is 16.3. The van der Waals surface area contributed by atoms with Crippen LogP contribution in [-0.2, 0) is 34.2 Å². The summed E-state index contributed by atoms with van der Waals surface area (Å²) in [5, 5.41) is 13.4. The molecule has 0 nitrogen and oxygen atoms in total. The molecular weight excluding hydrogens is 755 g/mol. The molecule has 0 N–H and O–H groups in total. The molecule has 8 aromatic rings. The van der Waals surface area contributed by atoms with Crippen molar-refractivity contribution in [1.82, 2.24) is 0 Å². The van der Waals surface area contributed by atoms with Crippen LogP contribution in [-0.4, -0.2) is 5.43 Å². The smallest absolute Gasteiger partial charge is 0.00995 e. The van der Waals surface area contributed by atoms with Crippen molar-refractivity contribution in [1.29, 1.82) is 0 Å². The summed E-state index contributed by atoms with van der Waals surface area (Å²) in [4.78, 5) is 0. The molecule has 0 amide bonds. The van der Waals surface area contributed by atoms with E-state index in [0.29, 0.717) is 0 Å². The third-order valence-corrected chi connectivity index (χ3v) is 9.39. The number of hydrogen-bond acceptors (Lipinski definition) is 0. The van der Waals surface area contributed by atoms with E-state index in [2.05, 4.69) is 189 Å². The number of hydrogen-bond donors (Lipinski definition) is 0. The van der Waals surface area contributed by atoms with Crippen LogP contribution in [0.4, 0.5) is 0 Å². The largest absolute Gasteiger partial charge is 1.00 e. The van der Waals surface area contributed by atoms with Gasteiger partial charge in [-0.05, 0) is 44.0 Å². The molecule has 260 valence electrons. The van der Waals surface area contributed by atoms with Crippen LogP contribution in [0.1, 0.15) is 58.2 Å². The van der Waals surface area contributed by atoms with Gasteiger partial charge in [0.15, 0.2) is 0 Å². The molecule has 0 atom stereocenters. The number of aryl methyl sites for hydroxylation is 1. The van der Waals surface area contributed by atoms with Crippen molar-refractivity contribution in [2.45, 2.75) is 72.4 Å². The van der Waals surface area contributed by atoms with Gasteiger partial charge in [0.25, 0.3) is 0 Å². The van der Waals surface area contributed by atoms with Gasteiger partial charge in [-0.3, -0.25) is 0 Å². The van der Waals surface area contributed by atoms with Crippen LogP contribution >= 0.6 is 0 Å². The summed E-state index contributed by atoms with van der Waals surface area (Å²) < 4.78 is 0. The molecule has 8 aromatic carbocycles. The maximum absolute atomic E-state index is 2.35. The van der Waals surface area contributed by atoms with Gasteiger partial charge in [0.1, 0.15) is 0 Å². The molecule has 51 heavy (non-hydrogen) atoms. The summed E-state index contributed by atoms with van der Waals surface area (Å²) >= 11 is 1.74. The fourth-order valence-corrected chi connectivity index (χ4v) is 6.85. The Bertz CT molecular complexity index is 2390. The molecule has 0 unspecified atom stereocenters. The first kappa shape index (κ1) is 40.8. The van der Waals surface area contributed by atoms with Gasteiger partial charge in [-0.2, -0.15) is 6.07 Å². The first-order valence-electron chi connectivity index (χ1n) is 17.4. The minimum Gasteiger partial charge on any atom is -1.00 e. The Morgan fingerprint density at radius 3 is 1.53 bits per heavy atom. The van der Waals surface area contributed by atoms with Crippen molar-refractivity contribution in [2.75, 3.05) is 0 Å². The maximum atomic E-state index is 2.35. The van der Waals surface area contributed by atoms with Crippen molar-refractivity contribution in [3.63, 3.8) is 0 Å². The van der Waals surface area contributed by atoms with Crippen LogP contribution < -0.4 is 24.8 Å². The summed E-state index contributed by atoms with van der Waals surface area (Å²) in [7, 11) is 0. The van der Waals surface area contributed by atoms with Crippen molar-refractivity contribution in [2.24, 2.45) is 0 Å². The molecule has 8 rings (SSSR count). The normalized spacial score (nSPS) is 11.4. The zero-order valence-electron chi connectivity index (χ0n) is 31.4. The Morgan fingerprint density at radius 2 is 0.980 bits per heavy atom. The molecule has 4 heteroatoms. The third kappa shape index (κ3) is 8.97. The molecule has 0 aromatic heterocycles. The SMILES string of the molecule is CC(C)(C)c1ccc2c(c1)[cH-]c1cc(C(C)(C)C)ccc12.C[Si](C)=[Zr+2].Cc1cc2c(-c3cc4ccccc4c4ccccc34)cccc2[cH-]1.[Cl-].[Cl-]. The van der Waals surface area contributed by atoms with Crippen LogP contribution in [0.3, 0.4) is 0 Å². The quantitative estimate of drug-likeness (QED) is 0.0900. The van der Waals surface area contributed by atoms with Gasteiger partial charge in [0, 0.05) is 0 Å². The van der Waals surface area contributed by atoms with Crippen LogP contribution in [0.5, 0.6) is 0 Å². The predicted molar refractivity (Wildman–Crippen MR) is 217 cm³/mol. The molecule has 0 saturated heterocycles. The Hall–Kier alpha value is -3.00. The Morgan fingerprint density at radius 1 is 0.471 bits per heavy atom. The first-order valence-corrected chi connectivity index (χ1v) is 23.6. The molecule has 0 aliphatic heterocycles. The molecule has 0 radical (unpaired) electrons. The van der Waals surface area contributed by atoms with E-state index < -0.39 is 0 Å². The fourth-order valence-electron chi connectivity index (χ4n) is 6.85. The number of benzene rings is 6. The Labute approximate surface area is 332 Å². The van der Waals surface area contributed by atoms with Gasteiger partial charge in [-0.25, -0.2) is 0 Å². The van der Waals surface area contributed by atoms with Gasteiger partial charge in [0.05, 0.1) is 0 Å². The number of rotatable bonds is 1. The predicted octanol–water partition coefficient (Wildman–Crippen LogP) is 7.94. The van der Waals surface area contributed by atoms with Gasteiger partial charge in [-0.15, -0.1) is 74.3 Å². The van der Waals surface area contributed by atoms with Crippen LogP contribution in [0.15, 0.2) is 127 Å². The topological polar surface area (TPSA) is 0 Å². The van der Waals surface area contributed by atoms with Gasteiger partial charge >= 0.3 is 41.9 Å².